The Morgan fingerprint density at radius 1 is 1.15 bits per heavy atom. The SMILES string of the molecule is Cl.Cl.O=c1ccc2c(Nc3cccc(CCNS(=O)[O-])c3)ccnc2[nH]1. The number of aromatic amines is 1. The van der Waals surface area contributed by atoms with E-state index in [-0.39, 0.29) is 30.4 Å². The van der Waals surface area contributed by atoms with E-state index in [0.29, 0.717) is 18.6 Å². The van der Waals surface area contributed by atoms with E-state index in [0.717, 1.165) is 22.3 Å². The van der Waals surface area contributed by atoms with Gasteiger partial charge in [0.05, 0.1) is 5.69 Å². The van der Waals surface area contributed by atoms with Crippen LogP contribution in [0.4, 0.5) is 11.4 Å². The lowest BCUT2D eigenvalue weighted by Crippen LogP contribution is -2.19. The number of halogens is 2. The van der Waals surface area contributed by atoms with E-state index in [1.165, 1.54) is 6.07 Å². The molecule has 1 aromatic carbocycles. The molecule has 2 aromatic heterocycles. The summed E-state index contributed by atoms with van der Waals surface area (Å²) in [5.74, 6) is 0. The van der Waals surface area contributed by atoms with Crippen molar-refractivity contribution >= 4 is 58.5 Å². The average molecular weight is 416 g/mol. The standard InChI is InChI=1S/C16H16N4O3S.2ClH/c21-15-5-4-13-14(7-8-17-16(13)20-15)19-12-3-1-2-11(10-12)6-9-18-24(22)23;;/h1-5,7-8,10,18H,6,9H2,(H,22,23)(H2,17,19,20,21);2*1H/p-1. The third kappa shape index (κ3) is 5.79. The van der Waals surface area contributed by atoms with Gasteiger partial charge in [0.1, 0.15) is 5.65 Å². The minimum absolute atomic E-state index is 0. The van der Waals surface area contributed by atoms with Crippen LogP contribution in [0.1, 0.15) is 5.56 Å². The number of hydrogen-bond acceptors (Lipinski definition) is 5. The lowest BCUT2D eigenvalue weighted by atomic mass is 10.1. The molecule has 0 spiro atoms. The zero-order chi connectivity index (χ0) is 16.9. The van der Waals surface area contributed by atoms with Gasteiger partial charge in [0.2, 0.25) is 5.56 Å². The molecule has 1 unspecified atom stereocenters. The van der Waals surface area contributed by atoms with Gasteiger partial charge in [-0.2, -0.15) is 0 Å². The van der Waals surface area contributed by atoms with Crippen molar-refractivity contribution in [2.24, 2.45) is 0 Å². The normalized spacial score (nSPS) is 11.3. The molecule has 0 aliphatic rings. The van der Waals surface area contributed by atoms with Gasteiger partial charge in [-0.3, -0.25) is 9.00 Å². The second-order valence-corrected chi connectivity index (χ2v) is 5.91. The number of pyridine rings is 2. The molecule has 0 fully saturated rings. The quantitative estimate of drug-likeness (QED) is 0.535. The topological polar surface area (TPSA) is 110 Å². The van der Waals surface area contributed by atoms with Crippen molar-refractivity contribution in [1.29, 1.82) is 0 Å². The van der Waals surface area contributed by atoms with Crippen molar-refractivity contribution in [3.8, 4) is 0 Å². The molecule has 3 rings (SSSR count). The van der Waals surface area contributed by atoms with Gasteiger partial charge in [-0.1, -0.05) is 12.1 Å². The highest BCUT2D eigenvalue weighted by atomic mass is 35.5. The van der Waals surface area contributed by atoms with E-state index in [1.807, 2.05) is 30.3 Å². The molecule has 1 atom stereocenters. The monoisotopic (exact) mass is 415 g/mol. The van der Waals surface area contributed by atoms with Gasteiger partial charge in [-0.25, -0.2) is 9.71 Å². The number of anilines is 2. The molecular formula is C16H17Cl2N4O3S-. The summed E-state index contributed by atoms with van der Waals surface area (Å²) in [6.07, 6.45) is 2.21. The fraction of sp³-hybridized carbons (Fsp3) is 0.125. The van der Waals surface area contributed by atoms with Crippen molar-refractivity contribution in [3.05, 3.63) is 64.6 Å². The molecule has 26 heavy (non-hydrogen) atoms. The summed E-state index contributed by atoms with van der Waals surface area (Å²) in [5, 5.41) is 4.11. The third-order valence-electron chi connectivity index (χ3n) is 3.47. The van der Waals surface area contributed by atoms with Crippen LogP contribution in [0.25, 0.3) is 11.0 Å². The van der Waals surface area contributed by atoms with Crippen LogP contribution >= 0.6 is 24.8 Å². The predicted octanol–water partition coefficient (Wildman–Crippen LogP) is 2.44. The molecule has 0 amide bonds. The maximum atomic E-state index is 11.4. The maximum absolute atomic E-state index is 11.4. The summed E-state index contributed by atoms with van der Waals surface area (Å²) in [6, 6.07) is 12.7. The molecule has 0 saturated carbocycles. The van der Waals surface area contributed by atoms with Crippen molar-refractivity contribution in [2.45, 2.75) is 6.42 Å². The molecule has 0 saturated heterocycles. The van der Waals surface area contributed by atoms with Gasteiger partial charge in [-0.15, -0.1) is 24.8 Å². The molecular weight excluding hydrogens is 399 g/mol. The van der Waals surface area contributed by atoms with Crippen LogP contribution in [0, 0.1) is 0 Å². The minimum atomic E-state index is -2.25. The van der Waals surface area contributed by atoms with Crippen molar-refractivity contribution < 1.29 is 8.76 Å². The maximum Gasteiger partial charge on any atom is 0.249 e. The number of nitrogens with one attached hydrogen (secondary N) is 3. The zero-order valence-corrected chi connectivity index (χ0v) is 15.9. The highest BCUT2D eigenvalue weighted by molar-refractivity contribution is 7.77. The Balaban J connectivity index is 0.00000169. The van der Waals surface area contributed by atoms with E-state index >= 15 is 0 Å². The van der Waals surface area contributed by atoms with Crippen LogP contribution in [0.2, 0.25) is 0 Å². The summed E-state index contributed by atoms with van der Waals surface area (Å²) in [4.78, 5) is 18.2. The van der Waals surface area contributed by atoms with E-state index in [9.17, 15) is 13.6 Å². The van der Waals surface area contributed by atoms with E-state index in [2.05, 4.69) is 20.0 Å². The molecule has 3 aromatic rings. The lowest BCUT2D eigenvalue weighted by Gasteiger charge is -2.11. The fourth-order valence-corrected chi connectivity index (χ4v) is 2.68. The van der Waals surface area contributed by atoms with Crippen molar-refractivity contribution in [2.75, 3.05) is 11.9 Å². The number of benzene rings is 1. The molecule has 140 valence electrons. The number of nitrogens with zero attached hydrogens (tertiary/aromatic N) is 1. The molecule has 2 heterocycles. The fourth-order valence-electron chi connectivity index (χ4n) is 2.41. The number of hydrogen-bond donors (Lipinski definition) is 3. The van der Waals surface area contributed by atoms with Gasteiger partial charge in [-0.05, 0) is 36.2 Å². The van der Waals surface area contributed by atoms with E-state index in [1.54, 1.807) is 12.3 Å². The Morgan fingerprint density at radius 3 is 2.73 bits per heavy atom. The van der Waals surface area contributed by atoms with Crippen LogP contribution < -0.4 is 15.6 Å². The number of aromatic nitrogens is 2. The summed E-state index contributed by atoms with van der Waals surface area (Å²) < 4.78 is 23.3. The Hall–Kier alpha value is -1.97. The Bertz CT molecular complexity index is 952. The summed E-state index contributed by atoms with van der Waals surface area (Å²) in [5.41, 5.74) is 3.02. The molecule has 0 radical (unpaired) electrons. The Labute approximate surface area is 164 Å². The summed E-state index contributed by atoms with van der Waals surface area (Å²) in [6.45, 7) is 0.346. The summed E-state index contributed by atoms with van der Waals surface area (Å²) in [7, 11) is 0. The van der Waals surface area contributed by atoms with E-state index in [4.69, 9.17) is 0 Å². The molecule has 0 aliphatic carbocycles. The molecule has 0 bridgehead atoms. The van der Waals surface area contributed by atoms with Crippen molar-refractivity contribution in [3.63, 3.8) is 0 Å². The minimum Gasteiger partial charge on any atom is -0.760 e. The second kappa shape index (κ2) is 10.2. The number of H-pyrrole nitrogens is 1. The predicted molar refractivity (Wildman–Crippen MR) is 107 cm³/mol. The first-order valence-electron chi connectivity index (χ1n) is 7.28. The number of fused-ring (bicyclic) bond motifs is 1. The van der Waals surface area contributed by atoms with E-state index < -0.39 is 11.3 Å². The van der Waals surface area contributed by atoms with Gasteiger partial charge >= 0.3 is 0 Å². The van der Waals surface area contributed by atoms with Crippen LogP contribution in [0.3, 0.4) is 0 Å². The van der Waals surface area contributed by atoms with Gasteiger partial charge < -0.3 is 14.9 Å². The summed E-state index contributed by atoms with van der Waals surface area (Å²) >= 11 is -2.25. The highest BCUT2D eigenvalue weighted by Crippen LogP contribution is 2.23. The third-order valence-corrected chi connectivity index (χ3v) is 3.91. The Kier molecular flexibility index (Phi) is 8.70. The van der Waals surface area contributed by atoms with Crippen LogP contribution in [0.5, 0.6) is 0 Å². The number of rotatable bonds is 6. The van der Waals surface area contributed by atoms with Crippen LogP contribution in [0.15, 0.2) is 53.5 Å². The highest BCUT2D eigenvalue weighted by Gasteiger charge is 2.04. The smallest absolute Gasteiger partial charge is 0.249 e. The van der Waals surface area contributed by atoms with Crippen LogP contribution in [-0.4, -0.2) is 25.3 Å². The van der Waals surface area contributed by atoms with Gasteiger partial charge in [0.15, 0.2) is 0 Å². The molecule has 3 N–H and O–H groups in total. The zero-order valence-electron chi connectivity index (χ0n) is 13.4. The van der Waals surface area contributed by atoms with Gasteiger partial charge in [0, 0.05) is 41.1 Å². The van der Waals surface area contributed by atoms with Crippen LogP contribution in [-0.2, 0) is 17.7 Å². The van der Waals surface area contributed by atoms with Gasteiger partial charge in [0.25, 0.3) is 0 Å². The first kappa shape index (κ1) is 22.1. The lowest BCUT2D eigenvalue weighted by molar-refractivity contribution is 0.523. The second-order valence-electron chi connectivity index (χ2n) is 5.15. The molecule has 10 heteroatoms. The molecule has 7 nitrogen and oxygen atoms in total. The average Bonchev–Trinajstić information content (AvgIpc) is 2.55. The Morgan fingerprint density at radius 2 is 1.96 bits per heavy atom. The first-order valence-corrected chi connectivity index (χ1v) is 8.36. The first-order chi connectivity index (χ1) is 11.6. The largest absolute Gasteiger partial charge is 0.760 e. The molecule has 0 aliphatic heterocycles. The van der Waals surface area contributed by atoms with Crippen molar-refractivity contribution in [1.82, 2.24) is 14.7 Å².